The van der Waals surface area contributed by atoms with Crippen LogP contribution in [-0.2, 0) is 14.1 Å². The molecule has 0 amide bonds. The minimum atomic E-state index is -1.64. The summed E-state index contributed by atoms with van der Waals surface area (Å²) >= 11 is 0. The predicted molar refractivity (Wildman–Crippen MR) is 87.0 cm³/mol. The van der Waals surface area contributed by atoms with Crippen molar-refractivity contribution in [3.8, 4) is 0 Å². The van der Waals surface area contributed by atoms with Gasteiger partial charge in [-0.1, -0.05) is 20.8 Å². The molecular formula is C12H33ClN2O4Si. The van der Waals surface area contributed by atoms with Crippen molar-refractivity contribution >= 4 is 20.7 Å². The molecule has 6 nitrogen and oxygen atoms in total. The van der Waals surface area contributed by atoms with Crippen LogP contribution < -0.4 is 11.8 Å². The Bertz CT molecular complexity index is 226. The average molecular weight is 333 g/mol. The van der Waals surface area contributed by atoms with Gasteiger partial charge < -0.3 is 19.2 Å². The average Bonchev–Trinajstić information content (AvgIpc) is 2.15. The van der Waals surface area contributed by atoms with E-state index in [1.807, 2.05) is 6.92 Å². The molecule has 0 aromatic heterocycles. The van der Waals surface area contributed by atoms with E-state index < -0.39 is 14.4 Å². The third kappa shape index (κ3) is 13.3. The highest BCUT2D eigenvalue weighted by Gasteiger charge is 2.38. The van der Waals surface area contributed by atoms with Crippen molar-refractivity contribution in [2.75, 3.05) is 13.2 Å². The molecule has 0 aromatic carbocycles. The van der Waals surface area contributed by atoms with Gasteiger partial charge in [-0.3, -0.25) is 0 Å². The number of hydrogen-bond donors (Lipinski definition) is 3. The summed E-state index contributed by atoms with van der Waals surface area (Å²) in [7, 11) is -1.64. The minimum Gasteiger partial charge on any atom is -0.412 e. The third-order valence-corrected chi connectivity index (χ3v) is 7.57. The molecule has 2 atom stereocenters. The van der Waals surface area contributed by atoms with Gasteiger partial charge in [0.25, 0.3) is 0 Å². The molecule has 0 saturated carbocycles. The summed E-state index contributed by atoms with van der Waals surface area (Å²) in [5, 5.41) is 8.59. The topological polar surface area (TPSA) is 100.0 Å². The van der Waals surface area contributed by atoms with Crippen LogP contribution in [0.15, 0.2) is 0 Å². The van der Waals surface area contributed by atoms with Crippen molar-refractivity contribution in [1.82, 2.24) is 0 Å². The van der Waals surface area contributed by atoms with Crippen molar-refractivity contribution in [1.29, 1.82) is 0 Å². The van der Waals surface area contributed by atoms with Gasteiger partial charge in [-0.05, 0) is 32.0 Å². The number of nitrogens with two attached hydrogens (primary N) is 2. The van der Waals surface area contributed by atoms with Crippen molar-refractivity contribution in [3.63, 3.8) is 0 Å². The second-order valence-electron chi connectivity index (χ2n) is 6.20. The van der Waals surface area contributed by atoms with Crippen LogP contribution in [0.4, 0.5) is 0 Å². The first-order chi connectivity index (χ1) is 8.47. The first-order valence-electron chi connectivity index (χ1n) is 6.47. The molecule has 126 valence electrons. The SMILES string of the molecule is C[C@@H](CON)O[Si](C)(C)C(C)(C)C.C[C@H](O)CON.Cl. The Morgan fingerprint density at radius 3 is 1.65 bits per heavy atom. The van der Waals surface area contributed by atoms with Crippen LogP contribution in [0, 0.1) is 0 Å². The van der Waals surface area contributed by atoms with Crippen LogP contribution in [0.5, 0.6) is 0 Å². The first-order valence-corrected chi connectivity index (χ1v) is 9.38. The lowest BCUT2D eigenvalue weighted by Crippen LogP contribution is -2.44. The fourth-order valence-corrected chi connectivity index (χ4v) is 2.42. The van der Waals surface area contributed by atoms with Crippen molar-refractivity contribution in [2.24, 2.45) is 11.8 Å². The number of rotatable bonds is 6. The van der Waals surface area contributed by atoms with E-state index >= 15 is 0 Å². The molecule has 0 radical (unpaired) electrons. The first kappa shape index (κ1) is 25.2. The van der Waals surface area contributed by atoms with Crippen molar-refractivity contribution in [2.45, 2.75) is 65.0 Å². The Morgan fingerprint density at radius 1 is 1.05 bits per heavy atom. The van der Waals surface area contributed by atoms with Crippen LogP contribution in [0.3, 0.4) is 0 Å². The normalized spacial score (nSPS) is 14.7. The number of aliphatic hydroxyl groups is 1. The van der Waals surface area contributed by atoms with E-state index in [9.17, 15) is 0 Å². The predicted octanol–water partition coefficient (Wildman–Crippen LogP) is 1.97. The Balaban J connectivity index is -0.000000352. The Labute approximate surface area is 130 Å². The summed E-state index contributed by atoms with van der Waals surface area (Å²) in [5.41, 5.74) is 0. The quantitative estimate of drug-likeness (QED) is 0.508. The molecule has 0 fully saturated rings. The zero-order valence-corrected chi connectivity index (χ0v) is 15.6. The van der Waals surface area contributed by atoms with Gasteiger partial charge in [0.15, 0.2) is 8.32 Å². The second-order valence-corrected chi connectivity index (χ2v) is 11.0. The van der Waals surface area contributed by atoms with E-state index in [4.69, 9.17) is 15.4 Å². The lowest BCUT2D eigenvalue weighted by molar-refractivity contribution is 0.0463. The van der Waals surface area contributed by atoms with Crippen LogP contribution in [-0.4, -0.2) is 38.8 Å². The summed E-state index contributed by atoms with van der Waals surface area (Å²) < 4.78 is 5.98. The monoisotopic (exact) mass is 332 g/mol. The van der Waals surface area contributed by atoms with Gasteiger partial charge in [-0.2, -0.15) is 0 Å². The maximum atomic E-state index is 8.35. The smallest absolute Gasteiger partial charge is 0.192 e. The van der Waals surface area contributed by atoms with E-state index in [-0.39, 0.29) is 30.2 Å². The Hall–Kier alpha value is 0.267. The van der Waals surface area contributed by atoms with Gasteiger partial charge in [0.1, 0.15) is 0 Å². The maximum absolute atomic E-state index is 8.35. The van der Waals surface area contributed by atoms with Gasteiger partial charge in [-0.15, -0.1) is 12.4 Å². The molecule has 0 unspecified atom stereocenters. The highest BCUT2D eigenvalue weighted by Crippen LogP contribution is 2.37. The third-order valence-electron chi connectivity index (χ3n) is 2.97. The van der Waals surface area contributed by atoms with Crippen LogP contribution in [0.1, 0.15) is 34.6 Å². The number of halogens is 1. The fourth-order valence-electron chi connectivity index (χ4n) is 0.989. The molecule has 0 bridgehead atoms. The second kappa shape index (κ2) is 11.9. The Kier molecular flexibility index (Phi) is 15.0. The van der Waals surface area contributed by atoms with E-state index in [1.54, 1.807) is 6.92 Å². The largest absolute Gasteiger partial charge is 0.412 e. The van der Waals surface area contributed by atoms with Crippen LogP contribution >= 0.6 is 12.4 Å². The number of aliphatic hydroxyl groups excluding tert-OH is 1. The van der Waals surface area contributed by atoms with Gasteiger partial charge in [0, 0.05) is 0 Å². The standard InChI is InChI=1S/C9H23NO2Si.C3H9NO2.ClH/c1-8(7-11-10)12-13(5,6)9(2,3)4;1-3(5)2-6-4;/h8H,7,10H2,1-6H3;3,5H,2,4H2,1H3;1H/t8-;3-;/m00./s1. The summed E-state index contributed by atoms with van der Waals surface area (Å²) in [5.74, 6) is 9.56. The molecule has 0 spiro atoms. The fraction of sp³-hybridized carbons (Fsp3) is 1.00. The van der Waals surface area contributed by atoms with Gasteiger partial charge in [0.2, 0.25) is 0 Å². The van der Waals surface area contributed by atoms with Crippen molar-refractivity contribution < 1.29 is 19.2 Å². The van der Waals surface area contributed by atoms with Gasteiger partial charge in [-0.25, -0.2) is 11.8 Å². The van der Waals surface area contributed by atoms with Crippen LogP contribution in [0.2, 0.25) is 18.1 Å². The van der Waals surface area contributed by atoms with Crippen LogP contribution in [0.25, 0.3) is 0 Å². The lowest BCUT2D eigenvalue weighted by atomic mass is 10.2. The zero-order valence-electron chi connectivity index (χ0n) is 13.8. The molecular weight excluding hydrogens is 300 g/mol. The van der Waals surface area contributed by atoms with Crippen molar-refractivity contribution in [3.05, 3.63) is 0 Å². The molecule has 8 heteroatoms. The number of hydrogen-bond acceptors (Lipinski definition) is 6. The molecule has 0 saturated heterocycles. The molecule has 0 rings (SSSR count). The van der Waals surface area contributed by atoms with E-state index in [0.29, 0.717) is 6.61 Å². The molecule has 0 aliphatic rings. The highest BCUT2D eigenvalue weighted by molar-refractivity contribution is 6.74. The summed E-state index contributed by atoms with van der Waals surface area (Å²) in [4.78, 5) is 8.61. The Morgan fingerprint density at radius 2 is 1.45 bits per heavy atom. The molecule has 5 N–H and O–H groups in total. The van der Waals surface area contributed by atoms with Gasteiger partial charge in [0.05, 0.1) is 25.4 Å². The van der Waals surface area contributed by atoms with E-state index in [2.05, 4.69) is 49.4 Å². The zero-order chi connectivity index (χ0) is 15.7. The molecule has 0 aliphatic carbocycles. The van der Waals surface area contributed by atoms with E-state index in [0.717, 1.165) is 0 Å². The summed E-state index contributed by atoms with van der Waals surface area (Å²) in [6.07, 6.45) is -0.360. The lowest BCUT2D eigenvalue weighted by Gasteiger charge is -2.38. The molecule has 0 heterocycles. The molecule has 0 aromatic rings. The molecule has 0 aliphatic heterocycles. The van der Waals surface area contributed by atoms with Gasteiger partial charge >= 0.3 is 0 Å². The minimum absolute atomic E-state index is 0. The highest BCUT2D eigenvalue weighted by atomic mass is 35.5. The summed E-state index contributed by atoms with van der Waals surface area (Å²) in [6, 6.07) is 0. The van der Waals surface area contributed by atoms with E-state index in [1.165, 1.54) is 0 Å². The maximum Gasteiger partial charge on any atom is 0.192 e. The molecule has 20 heavy (non-hydrogen) atoms. The summed E-state index contributed by atoms with van der Waals surface area (Å²) in [6.45, 7) is 15.4.